The maximum atomic E-state index is 12.5. The van der Waals surface area contributed by atoms with Gasteiger partial charge in [-0.25, -0.2) is 4.79 Å². The Morgan fingerprint density at radius 2 is 2.00 bits per heavy atom. The van der Waals surface area contributed by atoms with Crippen LogP contribution >= 0.6 is 0 Å². The van der Waals surface area contributed by atoms with Crippen LogP contribution < -0.4 is 16.2 Å². The zero-order chi connectivity index (χ0) is 21.7. The Kier molecular flexibility index (Phi) is 8.31. The quantitative estimate of drug-likeness (QED) is 0.428. The van der Waals surface area contributed by atoms with Gasteiger partial charge >= 0.3 is 41.6 Å². The van der Waals surface area contributed by atoms with Crippen molar-refractivity contribution in [1.29, 1.82) is 0 Å². The summed E-state index contributed by atoms with van der Waals surface area (Å²) in [4.78, 5) is 44.1. The Morgan fingerprint density at radius 3 is 2.68 bits per heavy atom. The Balaban J connectivity index is 0.00000341. The molecular formula is C20H20N5NaO5. The van der Waals surface area contributed by atoms with Gasteiger partial charge in [0.15, 0.2) is 5.69 Å². The number of aromatic hydroxyl groups is 1. The first-order valence-electron chi connectivity index (χ1n) is 8.89. The number of hydrogen-bond donors (Lipinski definition) is 4. The van der Waals surface area contributed by atoms with Crippen molar-refractivity contribution in [3.63, 3.8) is 0 Å². The first-order chi connectivity index (χ1) is 14.3. The number of hydrogen-bond acceptors (Lipinski definition) is 6. The third-order valence-corrected chi connectivity index (χ3v) is 4.32. The van der Waals surface area contributed by atoms with Gasteiger partial charge in [-0.15, -0.1) is 0 Å². The number of carbonyl (C=O) groups excluding carboxylic acids is 1. The topological polar surface area (TPSA) is 146 Å². The van der Waals surface area contributed by atoms with Crippen molar-refractivity contribution >= 4 is 47.2 Å². The molecule has 2 amide bonds. The summed E-state index contributed by atoms with van der Waals surface area (Å²) in [6, 6.07) is 6.42. The molecule has 0 radical (unpaired) electrons. The molecule has 1 aromatic carbocycles. The summed E-state index contributed by atoms with van der Waals surface area (Å²) in [7, 11) is 1.47. The van der Waals surface area contributed by atoms with Gasteiger partial charge in [0, 0.05) is 31.2 Å². The van der Waals surface area contributed by atoms with Crippen LogP contribution in [0, 0.1) is 0 Å². The molecule has 1 unspecified atom stereocenters. The van der Waals surface area contributed by atoms with Crippen LogP contribution in [0.2, 0.25) is 0 Å². The Hall–Kier alpha value is -3.21. The fraction of sp³-hybridized carbons (Fsp3) is 0.150. The molecule has 3 aromatic rings. The van der Waals surface area contributed by atoms with Gasteiger partial charge in [0.05, 0.1) is 24.4 Å². The molecule has 0 bridgehead atoms. The summed E-state index contributed by atoms with van der Waals surface area (Å²) in [5.41, 5.74) is 0.911. The molecule has 0 aliphatic heterocycles. The summed E-state index contributed by atoms with van der Waals surface area (Å²) in [5.74, 6) is -1.52. The Labute approximate surface area is 199 Å². The first kappa shape index (κ1) is 24.1. The number of carbonyl (C=O) groups is 2. The van der Waals surface area contributed by atoms with E-state index in [1.54, 1.807) is 30.5 Å². The average molecular weight is 433 g/mol. The predicted molar refractivity (Wildman–Crippen MR) is 115 cm³/mol. The van der Waals surface area contributed by atoms with E-state index in [1.165, 1.54) is 36.3 Å². The maximum absolute atomic E-state index is 12.5. The molecule has 3 rings (SSSR count). The zero-order valence-electron chi connectivity index (χ0n) is 15.9. The van der Waals surface area contributed by atoms with Crippen LogP contribution in [-0.4, -0.2) is 66.3 Å². The van der Waals surface area contributed by atoms with E-state index in [1.807, 2.05) is 0 Å². The molecule has 0 aliphatic carbocycles. The number of amides is 2. The van der Waals surface area contributed by atoms with E-state index in [-0.39, 0.29) is 35.2 Å². The van der Waals surface area contributed by atoms with Crippen molar-refractivity contribution in [3.05, 3.63) is 71.0 Å². The third-order valence-electron chi connectivity index (χ3n) is 4.32. The number of nitrogens with zero attached hydrogens (tertiary/aromatic N) is 3. The molecule has 10 nitrogen and oxygen atoms in total. The second-order valence-corrected chi connectivity index (χ2v) is 6.46. The fourth-order valence-corrected chi connectivity index (χ4v) is 2.83. The number of aliphatic carboxylic acids is 1. The van der Waals surface area contributed by atoms with E-state index in [4.69, 9.17) is 0 Å². The summed E-state index contributed by atoms with van der Waals surface area (Å²) in [6.45, 7) is 0. The molecule has 31 heavy (non-hydrogen) atoms. The van der Waals surface area contributed by atoms with Crippen molar-refractivity contribution in [2.45, 2.75) is 12.5 Å². The number of pyridine rings is 1. The summed E-state index contributed by atoms with van der Waals surface area (Å²) >= 11 is 0. The van der Waals surface area contributed by atoms with Gasteiger partial charge in [-0.1, -0.05) is 18.2 Å². The van der Waals surface area contributed by atoms with Crippen LogP contribution in [0.3, 0.4) is 0 Å². The summed E-state index contributed by atoms with van der Waals surface area (Å²) in [5, 5.41) is 24.0. The monoisotopic (exact) mass is 433 g/mol. The minimum absolute atomic E-state index is 0. The molecule has 2 heterocycles. The van der Waals surface area contributed by atoms with E-state index < -0.39 is 35.8 Å². The van der Waals surface area contributed by atoms with E-state index in [0.29, 0.717) is 16.8 Å². The fourth-order valence-electron chi connectivity index (χ4n) is 2.83. The summed E-state index contributed by atoms with van der Waals surface area (Å²) in [6.07, 6.45) is 5.60. The van der Waals surface area contributed by atoms with Gasteiger partial charge in [-0.2, -0.15) is 0 Å². The van der Waals surface area contributed by atoms with Gasteiger partial charge in [-0.3, -0.25) is 19.6 Å². The molecule has 0 aliphatic rings. The van der Waals surface area contributed by atoms with Gasteiger partial charge < -0.3 is 25.4 Å². The number of benzene rings is 1. The molecule has 11 heteroatoms. The normalized spacial score (nSPS) is 11.1. The molecule has 1 atom stereocenters. The van der Waals surface area contributed by atoms with Crippen molar-refractivity contribution in [3.8, 4) is 17.0 Å². The minimum atomic E-state index is -1.12. The van der Waals surface area contributed by atoms with Gasteiger partial charge in [0.1, 0.15) is 5.75 Å². The zero-order valence-corrected chi connectivity index (χ0v) is 15.9. The van der Waals surface area contributed by atoms with Gasteiger partial charge in [0.2, 0.25) is 0 Å². The average Bonchev–Trinajstić information content (AvgIpc) is 2.74. The van der Waals surface area contributed by atoms with Crippen LogP contribution in [0.15, 0.2) is 59.9 Å². The molecular weight excluding hydrogens is 413 g/mol. The number of carboxylic acid groups (broad SMARTS) is 1. The number of aromatic nitrogens is 3. The first-order valence-corrected chi connectivity index (χ1v) is 8.89. The molecule has 156 valence electrons. The van der Waals surface area contributed by atoms with Crippen molar-refractivity contribution < 1.29 is 19.8 Å². The van der Waals surface area contributed by atoms with Crippen LogP contribution in [-0.2, 0) is 11.8 Å². The molecule has 4 N–H and O–H groups in total. The van der Waals surface area contributed by atoms with Gasteiger partial charge in [-0.05, 0) is 17.7 Å². The van der Waals surface area contributed by atoms with Gasteiger partial charge in [0.25, 0.3) is 5.56 Å². The molecule has 2 aromatic heterocycles. The molecule has 0 spiro atoms. The van der Waals surface area contributed by atoms with E-state index in [0.717, 1.165) is 0 Å². The van der Waals surface area contributed by atoms with Crippen LogP contribution in [0.4, 0.5) is 10.5 Å². The Bertz CT molecular complexity index is 1140. The van der Waals surface area contributed by atoms with Crippen LogP contribution in [0.5, 0.6) is 5.75 Å². The number of rotatable bonds is 6. The van der Waals surface area contributed by atoms with Crippen molar-refractivity contribution in [1.82, 2.24) is 19.9 Å². The van der Waals surface area contributed by atoms with E-state index >= 15 is 0 Å². The van der Waals surface area contributed by atoms with E-state index in [2.05, 4.69) is 20.6 Å². The second-order valence-electron chi connectivity index (χ2n) is 6.46. The third kappa shape index (κ3) is 6.14. The SMILES string of the molecule is Cn1ccc(O)c(NC(=O)NC(CC(=O)O)c2cccc(-c3cnccn3)c2)c1=O.[NaH]. The Morgan fingerprint density at radius 1 is 1.23 bits per heavy atom. The standard InChI is InChI=1S/C20H19N5O5.Na.H/c1-25-8-5-16(26)18(19(25)29)24-20(30)23-14(10-17(27)28)12-3-2-4-13(9-12)15-11-21-6-7-22-15;;/h2-9,11,14,26H,10H2,1H3,(H,27,28)(H2,23,24,30);;. The van der Waals surface area contributed by atoms with Crippen LogP contribution in [0.1, 0.15) is 18.0 Å². The molecule has 0 saturated carbocycles. The van der Waals surface area contributed by atoms with Crippen molar-refractivity contribution in [2.24, 2.45) is 7.05 Å². The number of nitrogens with one attached hydrogen (secondary N) is 2. The van der Waals surface area contributed by atoms with E-state index in [9.17, 15) is 24.6 Å². The number of aryl methyl sites for hydroxylation is 1. The number of urea groups is 1. The number of carboxylic acids is 1. The second kappa shape index (κ2) is 10.7. The van der Waals surface area contributed by atoms with Crippen molar-refractivity contribution in [2.75, 3.05) is 5.32 Å². The molecule has 0 saturated heterocycles. The van der Waals surface area contributed by atoms with Crippen LogP contribution in [0.25, 0.3) is 11.3 Å². The number of anilines is 1. The predicted octanol–water partition coefficient (Wildman–Crippen LogP) is 1.24. The molecule has 0 fully saturated rings. The summed E-state index contributed by atoms with van der Waals surface area (Å²) < 4.78 is 1.19.